The van der Waals surface area contributed by atoms with Gasteiger partial charge in [0.05, 0.1) is 5.52 Å². The van der Waals surface area contributed by atoms with Gasteiger partial charge in [-0.25, -0.2) is 4.98 Å². The van der Waals surface area contributed by atoms with Crippen molar-refractivity contribution in [1.82, 2.24) is 15.0 Å². The first-order valence-electron chi connectivity index (χ1n) is 3.45. The fraction of sp³-hybridized carbons (Fsp3) is 0.143. The van der Waals surface area contributed by atoms with Gasteiger partial charge in [-0.15, -0.1) is 0 Å². The van der Waals surface area contributed by atoms with E-state index < -0.39 is 0 Å². The van der Waals surface area contributed by atoms with Crippen molar-refractivity contribution >= 4 is 33.0 Å². The van der Waals surface area contributed by atoms with Gasteiger partial charge >= 0.3 is 0 Å². The fourth-order valence-corrected chi connectivity index (χ4v) is 1.37. The van der Waals surface area contributed by atoms with E-state index in [-0.39, 0.29) is 0 Å². The lowest BCUT2D eigenvalue weighted by Gasteiger charge is -1.95. The summed E-state index contributed by atoms with van der Waals surface area (Å²) < 4.78 is 0.957. The molecule has 62 valence electrons. The van der Waals surface area contributed by atoms with Crippen molar-refractivity contribution in [2.75, 3.05) is 5.73 Å². The van der Waals surface area contributed by atoms with Crippen molar-refractivity contribution in [2.24, 2.45) is 0 Å². The molecule has 0 fully saturated rings. The number of hydrogen-bond donors (Lipinski definition) is 2. The van der Waals surface area contributed by atoms with Crippen LogP contribution in [0.1, 0.15) is 5.56 Å². The summed E-state index contributed by atoms with van der Waals surface area (Å²) in [6.45, 7) is 1.98. The van der Waals surface area contributed by atoms with Crippen LogP contribution in [-0.4, -0.2) is 15.0 Å². The van der Waals surface area contributed by atoms with E-state index >= 15 is 0 Å². The van der Waals surface area contributed by atoms with E-state index in [4.69, 9.17) is 5.73 Å². The number of aromatic nitrogens is 3. The maximum absolute atomic E-state index is 5.49. The van der Waals surface area contributed by atoms with E-state index in [0.29, 0.717) is 11.6 Å². The molecular weight excluding hydrogens is 220 g/mol. The summed E-state index contributed by atoms with van der Waals surface area (Å²) in [5.41, 5.74) is 8.11. The molecule has 2 aromatic heterocycles. The number of H-pyrrole nitrogens is 1. The van der Waals surface area contributed by atoms with Crippen molar-refractivity contribution in [3.63, 3.8) is 0 Å². The highest BCUT2D eigenvalue weighted by molar-refractivity contribution is 9.10. The Morgan fingerprint density at radius 2 is 2.33 bits per heavy atom. The highest BCUT2D eigenvalue weighted by Gasteiger charge is 2.05. The number of nitrogens with zero attached hydrogens (tertiary/aromatic N) is 2. The molecule has 0 aliphatic carbocycles. The Kier molecular flexibility index (Phi) is 1.54. The molecule has 0 spiro atoms. The molecule has 5 heteroatoms. The molecule has 0 unspecified atom stereocenters. The number of nitrogens with one attached hydrogen (secondary N) is 1. The number of aryl methyl sites for hydroxylation is 1. The molecule has 12 heavy (non-hydrogen) atoms. The van der Waals surface area contributed by atoms with Crippen LogP contribution in [-0.2, 0) is 0 Å². The third-order valence-corrected chi connectivity index (χ3v) is 2.54. The zero-order valence-electron chi connectivity index (χ0n) is 6.43. The van der Waals surface area contributed by atoms with Gasteiger partial charge in [0, 0.05) is 10.7 Å². The lowest BCUT2D eigenvalue weighted by molar-refractivity contribution is 1.29. The zero-order chi connectivity index (χ0) is 8.72. The quantitative estimate of drug-likeness (QED) is 0.718. The molecule has 2 rings (SSSR count). The second kappa shape index (κ2) is 2.45. The molecular formula is C7H7BrN4. The molecule has 0 amide bonds. The number of imidazole rings is 1. The summed E-state index contributed by atoms with van der Waals surface area (Å²) in [7, 11) is 0. The van der Waals surface area contributed by atoms with Crippen LogP contribution in [0.4, 0.5) is 5.95 Å². The molecule has 0 atom stereocenters. The molecule has 0 saturated carbocycles. The number of hydrogen-bond acceptors (Lipinski definition) is 3. The minimum Gasteiger partial charge on any atom is -0.369 e. The summed E-state index contributed by atoms with van der Waals surface area (Å²) in [6, 6.07) is 0. The summed E-state index contributed by atoms with van der Waals surface area (Å²) in [5, 5.41) is 0. The highest BCUT2D eigenvalue weighted by atomic mass is 79.9. The van der Waals surface area contributed by atoms with Gasteiger partial charge in [0.1, 0.15) is 0 Å². The second-order valence-electron chi connectivity index (χ2n) is 2.55. The summed E-state index contributed by atoms with van der Waals surface area (Å²) in [4.78, 5) is 11.0. The number of anilines is 1. The molecule has 2 heterocycles. The van der Waals surface area contributed by atoms with Gasteiger partial charge in [-0.3, -0.25) is 0 Å². The Morgan fingerprint density at radius 3 is 3.08 bits per heavy atom. The Balaban J connectivity index is 2.89. The Labute approximate surface area is 77.3 Å². The first-order chi connectivity index (χ1) is 5.68. The van der Waals surface area contributed by atoms with Gasteiger partial charge in [0.2, 0.25) is 0 Å². The van der Waals surface area contributed by atoms with Crippen LogP contribution >= 0.6 is 15.9 Å². The molecule has 0 aliphatic heterocycles. The Morgan fingerprint density at radius 1 is 1.58 bits per heavy atom. The van der Waals surface area contributed by atoms with Crippen molar-refractivity contribution in [1.29, 1.82) is 0 Å². The number of halogens is 1. The highest BCUT2D eigenvalue weighted by Crippen LogP contribution is 2.21. The van der Waals surface area contributed by atoms with Crippen molar-refractivity contribution in [3.8, 4) is 0 Å². The van der Waals surface area contributed by atoms with Crippen molar-refractivity contribution in [3.05, 3.63) is 16.2 Å². The van der Waals surface area contributed by atoms with Crippen LogP contribution < -0.4 is 5.73 Å². The molecule has 3 N–H and O–H groups in total. The van der Waals surface area contributed by atoms with Crippen LogP contribution in [0, 0.1) is 6.92 Å². The van der Waals surface area contributed by atoms with Gasteiger partial charge in [-0.05, 0) is 28.4 Å². The molecule has 2 aromatic rings. The smallest absolute Gasteiger partial charge is 0.200 e. The number of nitrogen functional groups attached to an aromatic ring is 1. The molecule has 0 saturated heterocycles. The third-order valence-electron chi connectivity index (χ3n) is 1.74. The van der Waals surface area contributed by atoms with E-state index in [1.54, 1.807) is 6.20 Å². The van der Waals surface area contributed by atoms with E-state index in [1.165, 1.54) is 0 Å². The van der Waals surface area contributed by atoms with E-state index in [0.717, 1.165) is 15.6 Å². The first kappa shape index (κ1) is 7.54. The number of pyridine rings is 1. The number of nitrogens with two attached hydrogens (primary N) is 1. The van der Waals surface area contributed by atoms with Gasteiger partial charge in [0.15, 0.2) is 11.6 Å². The van der Waals surface area contributed by atoms with Crippen LogP contribution in [0.5, 0.6) is 0 Å². The molecule has 0 aliphatic rings. The topological polar surface area (TPSA) is 67.6 Å². The van der Waals surface area contributed by atoms with E-state index in [9.17, 15) is 0 Å². The standard InChI is InChI=1S/C7H7BrN4/c1-3-4(8)2-10-6-5(3)11-7(9)12-6/h2H,1H3,(H3,9,10,11,12). The second-order valence-corrected chi connectivity index (χ2v) is 3.41. The molecule has 4 nitrogen and oxygen atoms in total. The molecule has 0 aromatic carbocycles. The minimum atomic E-state index is 0.402. The average molecular weight is 227 g/mol. The average Bonchev–Trinajstić information content (AvgIpc) is 2.39. The van der Waals surface area contributed by atoms with E-state index in [2.05, 4.69) is 30.9 Å². The number of fused-ring (bicyclic) bond motifs is 1. The SMILES string of the molecule is Cc1c(Br)cnc2nc(N)[nH]c12. The Bertz CT molecular complexity index is 434. The van der Waals surface area contributed by atoms with Crippen molar-refractivity contribution < 1.29 is 0 Å². The first-order valence-corrected chi connectivity index (χ1v) is 4.24. The largest absolute Gasteiger partial charge is 0.369 e. The summed E-state index contributed by atoms with van der Waals surface area (Å²) in [5.74, 6) is 0.402. The number of rotatable bonds is 0. The monoisotopic (exact) mass is 226 g/mol. The van der Waals surface area contributed by atoms with Gasteiger partial charge in [0.25, 0.3) is 0 Å². The normalized spacial score (nSPS) is 10.8. The maximum atomic E-state index is 5.49. The zero-order valence-corrected chi connectivity index (χ0v) is 8.01. The lowest BCUT2D eigenvalue weighted by Crippen LogP contribution is -1.84. The fourth-order valence-electron chi connectivity index (χ4n) is 1.07. The third kappa shape index (κ3) is 0.972. The maximum Gasteiger partial charge on any atom is 0.200 e. The van der Waals surface area contributed by atoms with Gasteiger partial charge in [-0.1, -0.05) is 0 Å². The molecule has 0 bridgehead atoms. The number of aromatic amines is 1. The van der Waals surface area contributed by atoms with E-state index in [1.807, 2.05) is 6.92 Å². The van der Waals surface area contributed by atoms with Crippen LogP contribution in [0.25, 0.3) is 11.2 Å². The summed E-state index contributed by atoms with van der Waals surface area (Å²) >= 11 is 3.37. The van der Waals surface area contributed by atoms with Gasteiger partial charge in [-0.2, -0.15) is 4.98 Å². The summed E-state index contributed by atoms with van der Waals surface area (Å²) in [6.07, 6.45) is 1.72. The van der Waals surface area contributed by atoms with Crippen LogP contribution in [0.15, 0.2) is 10.7 Å². The van der Waals surface area contributed by atoms with Crippen molar-refractivity contribution in [2.45, 2.75) is 6.92 Å². The predicted octanol–water partition coefficient (Wildman–Crippen LogP) is 1.61. The molecule has 0 radical (unpaired) electrons. The lowest BCUT2D eigenvalue weighted by atomic mass is 10.3. The minimum absolute atomic E-state index is 0.402. The predicted molar refractivity (Wildman–Crippen MR) is 50.7 cm³/mol. The Hall–Kier alpha value is -1.10. The van der Waals surface area contributed by atoms with Crippen LogP contribution in [0.3, 0.4) is 0 Å². The van der Waals surface area contributed by atoms with Gasteiger partial charge < -0.3 is 10.7 Å². The van der Waals surface area contributed by atoms with Crippen LogP contribution in [0.2, 0.25) is 0 Å².